The Hall–Kier alpha value is -1.50. The Morgan fingerprint density at radius 3 is 2.00 bits per heavy atom. The minimum absolute atomic E-state index is 0.434. The van der Waals surface area contributed by atoms with E-state index in [1.807, 2.05) is 0 Å². The first-order valence-corrected chi connectivity index (χ1v) is 7.69. The molecule has 0 aliphatic heterocycles. The summed E-state index contributed by atoms with van der Waals surface area (Å²) in [7, 11) is 5.99. The zero-order chi connectivity index (χ0) is 13.8. The van der Waals surface area contributed by atoms with Crippen LogP contribution < -0.4 is 0 Å². The first-order valence-electron chi connectivity index (χ1n) is 7.69. The highest BCUT2D eigenvalue weighted by atomic mass is 14.2. The molecule has 0 spiro atoms. The standard InChI is InChI=1S/C19H21B/c20-19-12-10-18(11-13-19)17-8-6-16(7-9-17)14-15-4-2-1-3-5-15/h1-9,18-19H,10-14H2. The van der Waals surface area contributed by atoms with Crippen molar-refractivity contribution < 1.29 is 0 Å². The lowest BCUT2D eigenvalue weighted by atomic mass is 9.70. The first kappa shape index (κ1) is 13.5. The van der Waals surface area contributed by atoms with Gasteiger partial charge in [0.1, 0.15) is 0 Å². The van der Waals surface area contributed by atoms with E-state index < -0.39 is 0 Å². The predicted molar refractivity (Wildman–Crippen MR) is 86.4 cm³/mol. The number of rotatable bonds is 3. The molecule has 0 bridgehead atoms. The van der Waals surface area contributed by atoms with Crippen LogP contribution in [-0.2, 0) is 6.42 Å². The van der Waals surface area contributed by atoms with Crippen LogP contribution in [0, 0.1) is 0 Å². The Morgan fingerprint density at radius 1 is 0.750 bits per heavy atom. The van der Waals surface area contributed by atoms with Gasteiger partial charge in [0.25, 0.3) is 0 Å². The van der Waals surface area contributed by atoms with E-state index in [1.54, 1.807) is 0 Å². The van der Waals surface area contributed by atoms with Gasteiger partial charge in [-0.25, -0.2) is 0 Å². The molecular formula is C19H21B. The molecule has 3 rings (SSSR count). The average molecular weight is 260 g/mol. The second kappa shape index (κ2) is 6.30. The maximum absolute atomic E-state index is 5.99. The lowest BCUT2D eigenvalue weighted by molar-refractivity contribution is 0.444. The largest absolute Gasteiger partial charge is 0.0773 e. The molecule has 2 radical (unpaired) electrons. The summed E-state index contributed by atoms with van der Waals surface area (Å²) in [5.74, 6) is 1.16. The van der Waals surface area contributed by atoms with E-state index in [-0.39, 0.29) is 0 Å². The van der Waals surface area contributed by atoms with Crippen molar-refractivity contribution in [3.8, 4) is 0 Å². The van der Waals surface area contributed by atoms with Gasteiger partial charge in [-0.3, -0.25) is 0 Å². The fraction of sp³-hybridized carbons (Fsp3) is 0.368. The van der Waals surface area contributed by atoms with Crippen LogP contribution in [-0.4, -0.2) is 7.85 Å². The van der Waals surface area contributed by atoms with Gasteiger partial charge in [-0.05, 0) is 41.9 Å². The fourth-order valence-electron chi connectivity index (χ4n) is 3.19. The summed E-state index contributed by atoms with van der Waals surface area (Å²) in [5, 5.41) is 0. The van der Waals surface area contributed by atoms with Crippen molar-refractivity contribution in [2.75, 3.05) is 0 Å². The zero-order valence-corrected chi connectivity index (χ0v) is 12.0. The molecule has 0 aromatic heterocycles. The normalized spacial score (nSPS) is 22.6. The predicted octanol–water partition coefficient (Wildman–Crippen LogP) is 4.89. The number of hydrogen-bond donors (Lipinski definition) is 0. The molecular weight excluding hydrogens is 239 g/mol. The van der Waals surface area contributed by atoms with E-state index >= 15 is 0 Å². The third kappa shape index (κ3) is 3.33. The molecule has 1 heteroatoms. The molecule has 1 aliphatic rings. The van der Waals surface area contributed by atoms with Crippen molar-refractivity contribution in [2.45, 2.75) is 43.8 Å². The van der Waals surface area contributed by atoms with Crippen molar-refractivity contribution in [2.24, 2.45) is 0 Å². The Kier molecular flexibility index (Phi) is 4.25. The van der Waals surface area contributed by atoms with E-state index in [4.69, 9.17) is 7.85 Å². The Labute approximate surface area is 123 Å². The molecule has 0 saturated heterocycles. The number of benzene rings is 2. The third-order valence-electron chi connectivity index (χ3n) is 4.47. The van der Waals surface area contributed by atoms with Crippen LogP contribution in [0.1, 0.15) is 48.3 Å². The van der Waals surface area contributed by atoms with Gasteiger partial charge in [0, 0.05) is 0 Å². The number of hydrogen-bond acceptors (Lipinski definition) is 0. The SMILES string of the molecule is [B]C1CCC(c2ccc(Cc3ccccc3)cc2)CC1. The van der Waals surface area contributed by atoms with Gasteiger partial charge in [0.15, 0.2) is 0 Å². The maximum Gasteiger partial charge on any atom is 0.0699 e. The summed E-state index contributed by atoms with van der Waals surface area (Å²) in [5.41, 5.74) is 4.27. The highest BCUT2D eigenvalue weighted by Gasteiger charge is 2.19. The van der Waals surface area contributed by atoms with Gasteiger partial charge < -0.3 is 0 Å². The van der Waals surface area contributed by atoms with E-state index in [2.05, 4.69) is 54.6 Å². The summed E-state index contributed by atoms with van der Waals surface area (Å²) in [6.45, 7) is 0. The summed E-state index contributed by atoms with van der Waals surface area (Å²) in [6.07, 6.45) is 5.88. The van der Waals surface area contributed by atoms with Crippen molar-refractivity contribution in [3.63, 3.8) is 0 Å². The molecule has 0 amide bonds. The highest BCUT2D eigenvalue weighted by molar-refractivity contribution is 6.11. The minimum atomic E-state index is 0.434. The van der Waals surface area contributed by atoms with Crippen LogP contribution in [0.3, 0.4) is 0 Å². The van der Waals surface area contributed by atoms with Crippen LogP contribution >= 0.6 is 0 Å². The highest BCUT2D eigenvalue weighted by Crippen LogP contribution is 2.37. The minimum Gasteiger partial charge on any atom is -0.0773 e. The first-order chi connectivity index (χ1) is 9.81. The van der Waals surface area contributed by atoms with Crippen LogP contribution in [0.4, 0.5) is 0 Å². The Morgan fingerprint density at radius 2 is 1.35 bits per heavy atom. The van der Waals surface area contributed by atoms with Crippen LogP contribution in [0.2, 0.25) is 5.82 Å². The molecule has 2 aromatic carbocycles. The molecule has 0 nitrogen and oxygen atoms in total. The summed E-state index contributed by atoms with van der Waals surface area (Å²) in [4.78, 5) is 0. The van der Waals surface area contributed by atoms with Crippen LogP contribution in [0.15, 0.2) is 54.6 Å². The van der Waals surface area contributed by atoms with Crippen molar-refractivity contribution >= 4 is 7.85 Å². The maximum atomic E-state index is 5.99. The van der Waals surface area contributed by atoms with Gasteiger partial charge in [-0.15, -0.1) is 0 Å². The zero-order valence-electron chi connectivity index (χ0n) is 12.0. The Balaban J connectivity index is 1.65. The molecule has 1 saturated carbocycles. The second-order valence-electron chi connectivity index (χ2n) is 6.02. The molecule has 0 unspecified atom stereocenters. The second-order valence-corrected chi connectivity index (χ2v) is 6.02. The lowest BCUT2D eigenvalue weighted by Gasteiger charge is -2.26. The Bertz CT molecular complexity index is 521. The molecule has 1 aliphatic carbocycles. The van der Waals surface area contributed by atoms with Gasteiger partial charge >= 0.3 is 0 Å². The van der Waals surface area contributed by atoms with Gasteiger partial charge in [0.05, 0.1) is 7.85 Å². The van der Waals surface area contributed by atoms with Crippen molar-refractivity contribution in [3.05, 3.63) is 71.3 Å². The van der Waals surface area contributed by atoms with Crippen molar-refractivity contribution in [1.29, 1.82) is 0 Å². The summed E-state index contributed by atoms with van der Waals surface area (Å²) >= 11 is 0. The van der Waals surface area contributed by atoms with Gasteiger partial charge in [-0.1, -0.05) is 73.3 Å². The quantitative estimate of drug-likeness (QED) is 0.689. The van der Waals surface area contributed by atoms with Gasteiger partial charge in [-0.2, -0.15) is 0 Å². The average Bonchev–Trinajstić information content (AvgIpc) is 2.50. The third-order valence-corrected chi connectivity index (χ3v) is 4.47. The van der Waals surface area contributed by atoms with Crippen LogP contribution in [0.25, 0.3) is 0 Å². The topological polar surface area (TPSA) is 0 Å². The monoisotopic (exact) mass is 260 g/mol. The van der Waals surface area contributed by atoms with E-state index in [0.717, 1.165) is 12.3 Å². The molecule has 2 aromatic rings. The van der Waals surface area contributed by atoms with E-state index in [9.17, 15) is 0 Å². The summed E-state index contributed by atoms with van der Waals surface area (Å²) < 4.78 is 0. The molecule has 100 valence electrons. The van der Waals surface area contributed by atoms with E-state index in [0.29, 0.717) is 5.82 Å². The van der Waals surface area contributed by atoms with Crippen molar-refractivity contribution in [1.82, 2.24) is 0 Å². The molecule has 0 atom stereocenters. The molecule has 1 fully saturated rings. The fourth-order valence-corrected chi connectivity index (χ4v) is 3.19. The van der Waals surface area contributed by atoms with E-state index in [1.165, 1.54) is 42.4 Å². The van der Waals surface area contributed by atoms with Gasteiger partial charge in [0.2, 0.25) is 0 Å². The lowest BCUT2D eigenvalue weighted by Crippen LogP contribution is -2.09. The smallest absolute Gasteiger partial charge is 0.0699 e. The molecule has 0 heterocycles. The molecule has 0 N–H and O–H groups in total. The van der Waals surface area contributed by atoms with Crippen LogP contribution in [0.5, 0.6) is 0 Å². The molecule has 20 heavy (non-hydrogen) atoms. The summed E-state index contributed by atoms with van der Waals surface area (Å²) in [6, 6.07) is 19.9.